The molecule has 2 aliphatic heterocycles. The number of piperidine rings is 1. The van der Waals surface area contributed by atoms with Crippen LogP contribution in [-0.2, 0) is 4.79 Å². The number of hydrogen-bond acceptors (Lipinski definition) is 2. The van der Waals surface area contributed by atoms with Crippen LogP contribution < -0.4 is 9.80 Å². The van der Waals surface area contributed by atoms with Gasteiger partial charge in [-0.2, -0.15) is 0 Å². The molecule has 0 spiro atoms. The van der Waals surface area contributed by atoms with Crippen molar-refractivity contribution in [1.82, 2.24) is 4.90 Å². The maximum Gasteiger partial charge on any atom is 0.281 e. The van der Waals surface area contributed by atoms with E-state index < -0.39 is 0 Å². The number of likely N-dealkylation sites (tertiary alicyclic amines) is 1. The maximum absolute atomic E-state index is 13.1. The molecule has 2 saturated heterocycles. The van der Waals surface area contributed by atoms with Crippen molar-refractivity contribution >= 4 is 23.2 Å². The first-order chi connectivity index (χ1) is 12.4. The number of carbonyl (C=O) groups is 1. The van der Waals surface area contributed by atoms with E-state index in [-0.39, 0.29) is 6.04 Å². The fourth-order valence-corrected chi connectivity index (χ4v) is 4.81. The Kier molecular flexibility index (Phi) is 6.13. The molecular weight excluding hydrogens is 346 g/mol. The number of rotatable bonds is 3. The SMILES string of the molecule is Cc1ccc(Cl)cc1N1CC[NH+]([C@@H](C)C(=O)N2[C@@H](C)CCC[C@@H]2C)CC1. The molecule has 1 amide bonds. The van der Waals surface area contributed by atoms with E-state index in [0.717, 1.165) is 44.0 Å². The van der Waals surface area contributed by atoms with Gasteiger partial charge in [-0.3, -0.25) is 4.79 Å². The Balaban J connectivity index is 1.62. The number of nitrogens with zero attached hydrogens (tertiary/aromatic N) is 2. The van der Waals surface area contributed by atoms with E-state index in [4.69, 9.17) is 11.6 Å². The van der Waals surface area contributed by atoms with Gasteiger partial charge in [0.2, 0.25) is 0 Å². The molecule has 0 bridgehead atoms. The first kappa shape index (κ1) is 19.5. The molecule has 0 saturated carbocycles. The van der Waals surface area contributed by atoms with Gasteiger partial charge in [0.15, 0.2) is 6.04 Å². The number of quaternary nitrogens is 1. The van der Waals surface area contributed by atoms with E-state index in [2.05, 4.69) is 49.6 Å². The second-order valence-corrected chi connectivity index (χ2v) is 8.61. The summed E-state index contributed by atoms with van der Waals surface area (Å²) in [5.74, 6) is 0.340. The summed E-state index contributed by atoms with van der Waals surface area (Å²) in [6, 6.07) is 6.90. The van der Waals surface area contributed by atoms with Crippen molar-refractivity contribution in [3.8, 4) is 0 Å². The number of nitrogens with one attached hydrogen (secondary N) is 1. The smallest absolute Gasteiger partial charge is 0.281 e. The Morgan fingerprint density at radius 3 is 2.42 bits per heavy atom. The molecule has 2 fully saturated rings. The number of carbonyl (C=O) groups excluding carboxylic acids is 1. The van der Waals surface area contributed by atoms with Crippen LogP contribution in [0.15, 0.2) is 18.2 Å². The third-order valence-corrected chi connectivity index (χ3v) is 6.58. The summed E-state index contributed by atoms with van der Waals surface area (Å²) in [5, 5.41) is 0.789. The van der Waals surface area contributed by atoms with Gasteiger partial charge in [-0.25, -0.2) is 0 Å². The summed E-state index contributed by atoms with van der Waals surface area (Å²) in [4.78, 5) is 19.1. The standard InChI is InChI=1S/C21H32ClN3O/c1-15-8-9-19(22)14-20(15)24-12-10-23(11-13-24)18(4)21(26)25-16(2)6-5-7-17(25)3/h8-9,14,16-18H,5-7,10-13H2,1-4H3/p+1/t16-,17-,18-/m0/s1. The number of benzene rings is 1. The lowest BCUT2D eigenvalue weighted by molar-refractivity contribution is -0.915. The molecule has 3 rings (SSSR count). The van der Waals surface area contributed by atoms with Crippen molar-refractivity contribution in [3.63, 3.8) is 0 Å². The second-order valence-electron chi connectivity index (χ2n) is 8.17. The Morgan fingerprint density at radius 2 is 1.81 bits per heavy atom. The van der Waals surface area contributed by atoms with Crippen LogP contribution in [-0.4, -0.2) is 55.1 Å². The Hall–Kier alpha value is -1.26. The first-order valence-electron chi connectivity index (χ1n) is 10.1. The second kappa shape index (κ2) is 8.18. The van der Waals surface area contributed by atoms with Crippen LogP contribution in [0.4, 0.5) is 5.69 Å². The predicted molar refractivity (Wildman–Crippen MR) is 108 cm³/mol. The molecule has 4 nitrogen and oxygen atoms in total. The summed E-state index contributed by atoms with van der Waals surface area (Å²) in [6.07, 6.45) is 3.52. The molecule has 2 aliphatic rings. The minimum Gasteiger partial charge on any atom is -0.360 e. The summed E-state index contributed by atoms with van der Waals surface area (Å²) >= 11 is 6.19. The maximum atomic E-state index is 13.1. The lowest BCUT2D eigenvalue weighted by Gasteiger charge is -2.42. The summed E-state index contributed by atoms with van der Waals surface area (Å²) in [6.45, 7) is 12.6. The van der Waals surface area contributed by atoms with Gasteiger partial charge in [0, 0.05) is 22.8 Å². The van der Waals surface area contributed by atoms with Crippen LogP contribution in [0, 0.1) is 6.92 Å². The van der Waals surface area contributed by atoms with Crippen LogP contribution >= 0.6 is 11.6 Å². The molecule has 0 radical (unpaired) electrons. The number of hydrogen-bond donors (Lipinski definition) is 1. The van der Waals surface area contributed by atoms with Crippen molar-refractivity contribution < 1.29 is 9.69 Å². The molecule has 0 unspecified atom stereocenters. The Labute approximate surface area is 163 Å². The lowest BCUT2D eigenvalue weighted by atomic mass is 9.96. The van der Waals surface area contributed by atoms with E-state index in [1.54, 1.807) is 0 Å². The summed E-state index contributed by atoms with van der Waals surface area (Å²) in [5.41, 5.74) is 2.49. The molecule has 0 aliphatic carbocycles. The number of anilines is 1. The van der Waals surface area contributed by atoms with Gasteiger partial charge >= 0.3 is 0 Å². The Morgan fingerprint density at radius 1 is 1.19 bits per heavy atom. The van der Waals surface area contributed by atoms with Gasteiger partial charge in [0.05, 0.1) is 26.2 Å². The molecule has 5 heteroatoms. The van der Waals surface area contributed by atoms with Crippen LogP contribution in [0.25, 0.3) is 0 Å². The number of piperazine rings is 1. The van der Waals surface area contributed by atoms with Gasteiger partial charge in [0.1, 0.15) is 0 Å². The molecule has 1 N–H and O–H groups in total. The third kappa shape index (κ3) is 4.01. The largest absolute Gasteiger partial charge is 0.360 e. The van der Waals surface area contributed by atoms with Crippen LogP contribution in [0.5, 0.6) is 0 Å². The van der Waals surface area contributed by atoms with Crippen molar-refractivity contribution in [2.24, 2.45) is 0 Å². The molecular formula is C21H33ClN3O+. The fraction of sp³-hybridized carbons (Fsp3) is 0.667. The first-order valence-corrected chi connectivity index (χ1v) is 10.4. The van der Waals surface area contributed by atoms with Gasteiger partial charge in [-0.05, 0) is 64.7 Å². The van der Waals surface area contributed by atoms with E-state index in [1.807, 2.05) is 6.07 Å². The topological polar surface area (TPSA) is 28.0 Å². The van der Waals surface area contributed by atoms with Crippen molar-refractivity contribution in [1.29, 1.82) is 0 Å². The van der Waals surface area contributed by atoms with E-state index in [1.165, 1.54) is 22.6 Å². The predicted octanol–water partition coefficient (Wildman–Crippen LogP) is 2.53. The molecule has 26 heavy (non-hydrogen) atoms. The molecule has 144 valence electrons. The van der Waals surface area contributed by atoms with E-state index in [9.17, 15) is 4.79 Å². The quantitative estimate of drug-likeness (QED) is 0.875. The zero-order chi connectivity index (χ0) is 18.8. The number of amides is 1. The molecule has 2 heterocycles. The average Bonchev–Trinajstić information content (AvgIpc) is 2.63. The van der Waals surface area contributed by atoms with Crippen LogP contribution in [0.2, 0.25) is 5.02 Å². The van der Waals surface area contributed by atoms with Crippen molar-refractivity contribution in [3.05, 3.63) is 28.8 Å². The fourth-order valence-electron chi connectivity index (χ4n) is 4.65. The molecule has 1 aromatic rings. The van der Waals surface area contributed by atoms with E-state index in [0.29, 0.717) is 18.0 Å². The van der Waals surface area contributed by atoms with Gasteiger partial charge < -0.3 is 14.7 Å². The summed E-state index contributed by atoms with van der Waals surface area (Å²) < 4.78 is 0. The number of aryl methyl sites for hydroxylation is 1. The zero-order valence-corrected chi connectivity index (χ0v) is 17.4. The molecule has 3 atom stereocenters. The minimum absolute atomic E-state index is 0.0422. The Bertz CT molecular complexity index is 632. The highest BCUT2D eigenvalue weighted by Crippen LogP contribution is 2.25. The van der Waals surface area contributed by atoms with Gasteiger partial charge in [0.25, 0.3) is 5.91 Å². The van der Waals surface area contributed by atoms with Gasteiger partial charge in [-0.15, -0.1) is 0 Å². The molecule has 1 aromatic carbocycles. The van der Waals surface area contributed by atoms with Crippen molar-refractivity contribution in [2.45, 2.75) is 65.1 Å². The highest BCUT2D eigenvalue weighted by Gasteiger charge is 2.37. The van der Waals surface area contributed by atoms with Gasteiger partial charge in [-0.1, -0.05) is 17.7 Å². The molecule has 0 aromatic heterocycles. The van der Waals surface area contributed by atoms with E-state index >= 15 is 0 Å². The lowest BCUT2D eigenvalue weighted by Crippen LogP contribution is -3.19. The monoisotopic (exact) mass is 378 g/mol. The van der Waals surface area contributed by atoms with Crippen molar-refractivity contribution in [2.75, 3.05) is 31.1 Å². The zero-order valence-electron chi connectivity index (χ0n) is 16.6. The highest BCUT2D eigenvalue weighted by atomic mass is 35.5. The normalized spacial score (nSPS) is 26.0. The third-order valence-electron chi connectivity index (χ3n) is 6.35. The average molecular weight is 379 g/mol. The highest BCUT2D eigenvalue weighted by molar-refractivity contribution is 6.30. The minimum atomic E-state index is 0.0422. The van der Waals surface area contributed by atoms with Crippen LogP contribution in [0.1, 0.15) is 45.6 Å². The van der Waals surface area contributed by atoms with Crippen LogP contribution in [0.3, 0.4) is 0 Å². The summed E-state index contributed by atoms with van der Waals surface area (Å²) in [7, 11) is 0. The number of halogens is 1.